The molecule has 0 aliphatic rings. The van der Waals surface area contributed by atoms with Crippen LogP contribution in [0.5, 0.6) is 11.5 Å². The Labute approximate surface area is 112 Å². The molecule has 0 spiro atoms. The molecule has 2 rings (SSSR count). The smallest absolute Gasteiger partial charge is 0.258 e. The fourth-order valence-corrected chi connectivity index (χ4v) is 1.81. The quantitative estimate of drug-likeness (QED) is 0.678. The van der Waals surface area contributed by atoms with Crippen molar-refractivity contribution in [1.82, 2.24) is 9.97 Å². The van der Waals surface area contributed by atoms with Crippen molar-refractivity contribution < 1.29 is 9.47 Å². The molecule has 5 nitrogen and oxygen atoms in total. The van der Waals surface area contributed by atoms with Crippen molar-refractivity contribution in [2.24, 2.45) is 0 Å². The van der Waals surface area contributed by atoms with Gasteiger partial charge in [0.05, 0.1) is 30.9 Å². The Morgan fingerprint density at radius 3 is 2.94 bits per heavy atom. The maximum Gasteiger partial charge on any atom is 0.258 e. The van der Waals surface area contributed by atoms with Gasteiger partial charge in [-0.3, -0.25) is 4.79 Å². The van der Waals surface area contributed by atoms with Gasteiger partial charge in [-0.1, -0.05) is 15.9 Å². The molecule has 1 aromatic carbocycles. The number of fused-ring (bicyclic) bond motifs is 1. The fraction of sp³-hybridized carbons (Fsp3) is 0.333. The van der Waals surface area contributed by atoms with Gasteiger partial charge >= 0.3 is 0 Å². The summed E-state index contributed by atoms with van der Waals surface area (Å²) in [5, 5.41) is 1.36. The first-order valence-corrected chi connectivity index (χ1v) is 6.62. The molecule has 0 amide bonds. The molecule has 0 radical (unpaired) electrons. The molecule has 1 aromatic heterocycles. The van der Waals surface area contributed by atoms with Crippen LogP contribution in [-0.4, -0.2) is 29.0 Å². The van der Waals surface area contributed by atoms with E-state index in [2.05, 4.69) is 25.9 Å². The van der Waals surface area contributed by atoms with Crippen molar-refractivity contribution in [3.05, 3.63) is 28.8 Å². The lowest BCUT2D eigenvalue weighted by Gasteiger charge is -2.10. The van der Waals surface area contributed by atoms with Crippen LogP contribution in [0.1, 0.15) is 6.42 Å². The molecule has 0 bridgehead atoms. The molecule has 96 valence electrons. The number of hydrogen-bond donors (Lipinski definition) is 1. The van der Waals surface area contributed by atoms with E-state index in [1.165, 1.54) is 6.33 Å². The summed E-state index contributed by atoms with van der Waals surface area (Å²) in [5.41, 5.74) is 0.399. The second-order valence-corrected chi connectivity index (χ2v) is 4.44. The number of halogens is 1. The van der Waals surface area contributed by atoms with Gasteiger partial charge in [-0.2, -0.15) is 0 Å². The van der Waals surface area contributed by atoms with E-state index in [0.717, 1.165) is 11.8 Å². The number of aromatic nitrogens is 2. The number of hydrogen-bond acceptors (Lipinski definition) is 4. The zero-order valence-corrected chi connectivity index (χ0v) is 11.5. The van der Waals surface area contributed by atoms with Gasteiger partial charge in [0.1, 0.15) is 0 Å². The molecule has 2 aromatic rings. The van der Waals surface area contributed by atoms with Crippen molar-refractivity contribution in [2.75, 3.05) is 19.0 Å². The van der Waals surface area contributed by atoms with E-state index >= 15 is 0 Å². The number of aromatic amines is 1. The standard InChI is InChI=1S/C12H13BrN2O3/c1-17-10-6-9-8(12(16)15-7-14-9)5-11(10)18-4-2-3-13/h5-7H,2-4H2,1H3,(H,14,15,16). The summed E-state index contributed by atoms with van der Waals surface area (Å²) >= 11 is 3.33. The number of H-pyrrole nitrogens is 1. The lowest BCUT2D eigenvalue weighted by atomic mass is 10.2. The molecule has 0 atom stereocenters. The van der Waals surface area contributed by atoms with E-state index in [9.17, 15) is 4.79 Å². The van der Waals surface area contributed by atoms with E-state index in [1.54, 1.807) is 19.2 Å². The molecule has 0 saturated heterocycles. The van der Waals surface area contributed by atoms with Gasteiger partial charge in [-0.15, -0.1) is 0 Å². The SMILES string of the molecule is COc1cc2nc[nH]c(=O)c2cc1OCCCBr. The van der Waals surface area contributed by atoms with Crippen LogP contribution in [0.2, 0.25) is 0 Å². The maximum absolute atomic E-state index is 11.7. The minimum atomic E-state index is -0.187. The number of nitrogens with one attached hydrogen (secondary N) is 1. The summed E-state index contributed by atoms with van der Waals surface area (Å²) in [7, 11) is 1.56. The molecule has 18 heavy (non-hydrogen) atoms. The van der Waals surface area contributed by atoms with Crippen molar-refractivity contribution >= 4 is 26.8 Å². The third-order valence-corrected chi connectivity index (χ3v) is 3.02. The second-order valence-electron chi connectivity index (χ2n) is 3.64. The number of rotatable bonds is 5. The first-order chi connectivity index (χ1) is 8.76. The summed E-state index contributed by atoms with van der Waals surface area (Å²) in [5.74, 6) is 1.14. The van der Waals surface area contributed by atoms with Crippen molar-refractivity contribution in [3.63, 3.8) is 0 Å². The molecule has 0 saturated carbocycles. The summed E-state index contributed by atoms with van der Waals surface area (Å²) in [6, 6.07) is 3.36. The van der Waals surface area contributed by atoms with E-state index in [-0.39, 0.29) is 5.56 Å². The number of nitrogens with zero attached hydrogens (tertiary/aromatic N) is 1. The van der Waals surface area contributed by atoms with Gasteiger partial charge in [0.2, 0.25) is 0 Å². The fourth-order valence-electron chi connectivity index (χ4n) is 1.59. The molecule has 0 aliphatic carbocycles. The van der Waals surface area contributed by atoms with Crippen LogP contribution < -0.4 is 15.0 Å². The second kappa shape index (κ2) is 5.86. The average molecular weight is 313 g/mol. The van der Waals surface area contributed by atoms with Crippen LogP contribution in [0.3, 0.4) is 0 Å². The molecule has 6 heteroatoms. The summed E-state index contributed by atoms with van der Waals surface area (Å²) in [6.45, 7) is 0.561. The first-order valence-electron chi connectivity index (χ1n) is 5.50. The molecule has 1 N–H and O–H groups in total. The highest BCUT2D eigenvalue weighted by molar-refractivity contribution is 9.09. The lowest BCUT2D eigenvalue weighted by molar-refractivity contribution is 0.296. The zero-order valence-electron chi connectivity index (χ0n) is 9.90. The number of alkyl halides is 1. The predicted octanol–water partition coefficient (Wildman–Crippen LogP) is 2.10. The summed E-state index contributed by atoms with van der Waals surface area (Å²) < 4.78 is 10.8. The van der Waals surface area contributed by atoms with Crippen LogP contribution in [0.4, 0.5) is 0 Å². The van der Waals surface area contributed by atoms with E-state index in [0.29, 0.717) is 29.0 Å². The average Bonchev–Trinajstić information content (AvgIpc) is 2.39. The molecule has 0 unspecified atom stereocenters. The number of methoxy groups -OCH3 is 1. The Hall–Kier alpha value is -1.56. The third-order valence-electron chi connectivity index (χ3n) is 2.46. The summed E-state index contributed by atoms with van der Waals surface area (Å²) in [6.07, 6.45) is 2.25. The zero-order chi connectivity index (χ0) is 13.0. The lowest BCUT2D eigenvalue weighted by Crippen LogP contribution is -2.07. The van der Waals surface area contributed by atoms with E-state index < -0.39 is 0 Å². The van der Waals surface area contributed by atoms with Crippen molar-refractivity contribution in [2.45, 2.75) is 6.42 Å². The van der Waals surface area contributed by atoms with Gasteiger partial charge in [-0.05, 0) is 12.5 Å². The van der Waals surface area contributed by atoms with Crippen LogP contribution in [-0.2, 0) is 0 Å². The Kier molecular flexibility index (Phi) is 4.19. The Balaban J connectivity index is 2.43. The maximum atomic E-state index is 11.7. The van der Waals surface area contributed by atoms with Crippen LogP contribution in [0, 0.1) is 0 Å². The number of benzene rings is 1. The monoisotopic (exact) mass is 312 g/mol. The van der Waals surface area contributed by atoms with Crippen molar-refractivity contribution in [1.29, 1.82) is 0 Å². The molecule has 1 heterocycles. The highest BCUT2D eigenvalue weighted by Gasteiger charge is 2.09. The molecule has 0 aliphatic heterocycles. The molecular formula is C12H13BrN2O3. The third kappa shape index (κ3) is 2.64. The Bertz CT molecular complexity index is 597. The highest BCUT2D eigenvalue weighted by Crippen LogP contribution is 2.30. The van der Waals surface area contributed by atoms with Crippen LogP contribution >= 0.6 is 15.9 Å². The van der Waals surface area contributed by atoms with Crippen LogP contribution in [0.25, 0.3) is 10.9 Å². The van der Waals surface area contributed by atoms with Crippen LogP contribution in [0.15, 0.2) is 23.3 Å². The molecular weight excluding hydrogens is 300 g/mol. The summed E-state index contributed by atoms with van der Waals surface area (Å²) in [4.78, 5) is 18.3. The molecule has 0 fully saturated rings. The minimum Gasteiger partial charge on any atom is -0.493 e. The van der Waals surface area contributed by atoms with Gasteiger partial charge in [0, 0.05) is 11.4 Å². The van der Waals surface area contributed by atoms with Crippen molar-refractivity contribution in [3.8, 4) is 11.5 Å². The van der Waals surface area contributed by atoms with E-state index in [1.807, 2.05) is 0 Å². The van der Waals surface area contributed by atoms with Gasteiger partial charge in [0.25, 0.3) is 5.56 Å². The normalized spacial score (nSPS) is 10.6. The van der Waals surface area contributed by atoms with Gasteiger partial charge in [-0.25, -0.2) is 4.98 Å². The largest absolute Gasteiger partial charge is 0.493 e. The topological polar surface area (TPSA) is 64.2 Å². The minimum absolute atomic E-state index is 0.187. The van der Waals surface area contributed by atoms with Gasteiger partial charge in [0.15, 0.2) is 11.5 Å². The predicted molar refractivity (Wildman–Crippen MR) is 72.8 cm³/mol. The Morgan fingerprint density at radius 2 is 2.22 bits per heavy atom. The highest BCUT2D eigenvalue weighted by atomic mass is 79.9. The number of ether oxygens (including phenoxy) is 2. The first kappa shape index (κ1) is 12.9. The van der Waals surface area contributed by atoms with E-state index in [4.69, 9.17) is 9.47 Å². The van der Waals surface area contributed by atoms with Gasteiger partial charge < -0.3 is 14.5 Å². The Morgan fingerprint density at radius 1 is 1.39 bits per heavy atom.